The van der Waals surface area contributed by atoms with E-state index in [0.717, 1.165) is 0 Å². The summed E-state index contributed by atoms with van der Waals surface area (Å²) in [5.74, 6) is -0.966. The van der Waals surface area contributed by atoms with E-state index in [4.69, 9.17) is 9.47 Å². The van der Waals surface area contributed by atoms with Gasteiger partial charge < -0.3 is 9.47 Å². The number of nitrogens with zero attached hydrogens (tertiary/aromatic N) is 2. The fourth-order valence-corrected chi connectivity index (χ4v) is 3.17. The Kier molecular flexibility index (Phi) is 6.89. The summed E-state index contributed by atoms with van der Waals surface area (Å²) in [6.07, 6.45) is 0.210. The van der Waals surface area contributed by atoms with E-state index < -0.39 is 22.3 Å². The molecule has 0 N–H and O–H groups in total. The molecule has 0 atom stereocenters. The molecule has 0 fully saturated rings. The molecule has 1 aromatic heterocycles. The number of esters is 2. The first-order chi connectivity index (χ1) is 13.6. The Labute approximate surface area is 169 Å². The number of para-hydroxylation sites is 1. The highest BCUT2D eigenvalue weighted by atomic mass is 16.6. The summed E-state index contributed by atoms with van der Waals surface area (Å²) in [6.45, 7) is 9.44. The van der Waals surface area contributed by atoms with Crippen LogP contribution in [0.15, 0.2) is 18.2 Å². The quantitative estimate of drug-likeness (QED) is 0.389. The number of aromatic nitrogens is 1. The number of hydrogen-bond acceptors (Lipinski definition) is 7. The Morgan fingerprint density at radius 1 is 1.14 bits per heavy atom. The Morgan fingerprint density at radius 3 is 2.34 bits per heavy atom. The van der Waals surface area contributed by atoms with Gasteiger partial charge >= 0.3 is 11.9 Å². The van der Waals surface area contributed by atoms with E-state index >= 15 is 0 Å². The molecule has 0 saturated carbocycles. The van der Waals surface area contributed by atoms with Crippen LogP contribution in [0.25, 0.3) is 10.9 Å². The molecule has 0 aliphatic heterocycles. The third kappa shape index (κ3) is 4.88. The number of carbonyl (C=O) groups excluding carboxylic acids is 2. The maximum atomic E-state index is 12.9. The van der Waals surface area contributed by atoms with Crippen molar-refractivity contribution in [3.05, 3.63) is 45.1 Å². The summed E-state index contributed by atoms with van der Waals surface area (Å²) in [6, 6.07) is 4.59. The molecule has 0 aliphatic carbocycles. The average molecular weight is 402 g/mol. The molecule has 0 aliphatic rings. The van der Waals surface area contributed by atoms with Gasteiger partial charge in [-0.1, -0.05) is 32.9 Å². The highest BCUT2D eigenvalue weighted by molar-refractivity contribution is 6.01. The first-order valence-corrected chi connectivity index (χ1v) is 9.55. The van der Waals surface area contributed by atoms with Gasteiger partial charge in [0.15, 0.2) is 0 Å². The van der Waals surface area contributed by atoms with E-state index in [-0.39, 0.29) is 42.8 Å². The number of nitro groups is 1. The van der Waals surface area contributed by atoms with Gasteiger partial charge in [-0.05, 0) is 25.8 Å². The van der Waals surface area contributed by atoms with Crippen molar-refractivity contribution in [1.29, 1.82) is 0 Å². The molecule has 0 spiro atoms. The van der Waals surface area contributed by atoms with Gasteiger partial charge in [-0.15, -0.1) is 0 Å². The fourth-order valence-electron chi connectivity index (χ4n) is 3.17. The van der Waals surface area contributed by atoms with Gasteiger partial charge in [0.05, 0.1) is 29.4 Å². The second-order valence-electron chi connectivity index (χ2n) is 7.52. The number of aryl methyl sites for hydroxylation is 1. The van der Waals surface area contributed by atoms with Crippen molar-refractivity contribution >= 4 is 28.5 Å². The van der Waals surface area contributed by atoms with Crippen LogP contribution < -0.4 is 0 Å². The summed E-state index contributed by atoms with van der Waals surface area (Å²) in [5, 5.41) is 12.0. The van der Waals surface area contributed by atoms with E-state index in [1.807, 2.05) is 20.8 Å². The number of fused-ring (bicyclic) bond motifs is 1. The zero-order valence-corrected chi connectivity index (χ0v) is 17.4. The SMILES string of the molecule is CCOC(=O)CCc1c(C(=O)OCC)c(C(C)(C)C)nc2c([N+](=O)[O-])cccc12. The van der Waals surface area contributed by atoms with E-state index in [1.165, 1.54) is 6.07 Å². The molecule has 1 aromatic carbocycles. The lowest BCUT2D eigenvalue weighted by Gasteiger charge is -2.24. The smallest absolute Gasteiger partial charge is 0.340 e. The first-order valence-electron chi connectivity index (χ1n) is 9.55. The standard InChI is InChI=1S/C21H26N2O6/c1-6-28-16(24)12-11-13-14-9-8-10-15(23(26)27)18(14)22-19(21(3,4)5)17(13)20(25)29-7-2/h8-10H,6-7,11-12H2,1-5H3. The Bertz CT molecular complexity index is 946. The molecule has 156 valence electrons. The van der Waals surface area contributed by atoms with Crippen LogP contribution in [-0.4, -0.2) is 35.1 Å². The summed E-state index contributed by atoms with van der Waals surface area (Å²) < 4.78 is 10.3. The molecule has 8 nitrogen and oxygen atoms in total. The number of carbonyl (C=O) groups is 2. The van der Waals surface area contributed by atoms with Crippen molar-refractivity contribution in [3.63, 3.8) is 0 Å². The highest BCUT2D eigenvalue weighted by Crippen LogP contribution is 2.35. The molecule has 1 heterocycles. The van der Waals surface area contributed by atoms with Gasteiger partial charge in [0.2, 0.25) is 0 Å². The van der Waals surface area contributed by atoms with Crippen molar-refractivity contribution in [3.8, 4) is 0 Å². The third-order valence-electron chi connectivity index (χ3n) is 4.37. The molecule has 2 aromatic rings. The van der Waals surface area contributed by atoms with Crippen molar-refractivity contribution in [1.82, 2.24) is 4.98 Å². The molecule has 8 heteroatoms. The van der Waals surface area contributed by atoms with Gasteiger partial charge in [0.25, 0.3) is 5.69 Å². The van der Waals surface area contributed by atoms with Crippen molar-refractivity contribution in [2.75, 3.05) is 13.2 Å². The van der Waals surface area contributed by atoms with E-state index in [9.17, 15) is 19.7 Å². The van der Waals surface area contributed by atoms with Crippen LogP contribution in [0.3, 0.4) is 0 Å². The molecular weight excluding hydrogens is 376 g/mol. The Balaban J connectivity index is 2.85. The fraction of sp³-hybridized carbons (Fsp3) is 0.476. The first kappa shape index (κ1) is 22.3. The van der Waals surface area contributed by atoms with Gasteiger partial charge in [-0.3, -0.25) is 14.9 Å². The van der Waals surface area contributed by atoms with Crippen LogP contribution in [0.2, 0.25) is 0 Å². The number of benzene rings is 1. The number of hydrogen-bond donors (Lipinski definition) is 0. The van der Waals surface area contributed by atoms with E-state index in [2.05, 4.69) is 4.98 Å². The minimum Gasteiger partial charge on any atom is -0.466 e. The van der Waals surface area contributed by atoms with E-state index in [1.54, 1.807) is 26.0 Å². The Hall–Kier alpha value is -3.03. The van der Waals surface area contributed by atoms with E-state index in [0.29, 0.717) is 16.6 Å². The second-order valence-corrected chi connectivity index (χ2v) is 7.52. The normalized spacial score (nSPS) is 11.3. The van der Waals surface area contributed by atoms with Crippen LogP contribution >= 0.6 is 0 Å². The van der Waals surface area contributed by atoms with Crippen molar-refractivity contribution in [2.24, 2.45) is 0 Å². The topological polar surface area (TPSA) is 109 Å². The molecular formula is C21H26N2O6. The van der Waals surface area contributed by atoms with Crippen LogP contribution in [0.1, 0.15) is 62.7 Å². The monoisotopic (exact) mass is 402 g/mol. The lowest BCUT2D eigenvalue weighted by Crippen LogP contribution is -2.23. The molecule has 29 heavy (non-hydrogen) atoms. The second kappa shape index (κ2) is 8.98. The molecule has 0 unspecified atom stereocenters. The maximum Gasteiger partial charge on any atom is 0.340 e. The van der Waals surface area contributed by atoms with Crippen molar-refractivity contribution in [2.45, 2.75) is 52.9 Å². The zero-order valence-electron chi connectivity index (χ0n) is 17.4. The zero-order chi connectivity index (χ0) is 21.8. The minimum atomic E-state index is -0.585. The molecule has 2 rings (SSSR count). The predicted molar refractivity (Wildman–Crippen MR) is 108 cm³/mol. The van der Waals surface area contributed by atoms with Crippen LogP contribution in [0.5, 0.6) is 0 Å². The summed E-state index contributed by atoms with van der Waals surface area (Å²) in [5.41, 5.74) is 0.622. The van der Waals surface area contributed by atoms with Crippen LogP contribution in [0.4, 0.5) is 5.69 Å². The number of rotatable bonds is 7. The summed E-state index contributed by atoms with van der Waals surface area (Å²) >= 11 is 0. The predicted octanol–water partition coefficient (Wildman–Crippen LogP) is 4.11. The van der Waals surface area contributed by atoms with Gasteiger partial charge in [0, 0.05) is 23.3 Å². The number of ether oxygens (including phenoxy) is 2. The maximum absolute atomic E-state index is 12.9. The largest absolute Gasteiger partial charge is 0.466 e. The van der Waals surface area contributed by atoms with Crippen LogP contribution in [-0.2, 0) is 26.1 Å². The third-order valence-corrected chi connectivity index (χ3v) is 4.37. The minimum absolute atomic E-state index is 0.0334. The Morgan fingerprint density at radius 2 is 1.79 bits per heavy atom. The molecule has 0 bridgehead atoms. The summed E-state index contributed by atoms with van der Waals surface area (Å²) in [4.78, 5) is 40.4. The lowest BCUT2D eigenvalue weighted by atomic mass is 9.84. The average Bonchev–Trinajstić information content (AvgIpc) is 2.64. The number of non-ortho nitro benzene ring substituents is 1. The number of nitro benzene ring substituents is 1. The van der Waals surface area contributed by atoms with Crippen LogP contribution in [0, 0.1) is 10.1 Å². The summed E-state index contributed by atoms with van der Waals surface area (Å²) in [7, 11) is 0. The molecule has 0 amide bonds. The number of pyridine rings is 1. The van der Waals surface area contributed by atoms with Gasteiger partial charge in [-0.2, -0.15) is 0 Å². The highest BCUT2D eigenvalue weighted by Gasteiger charge is 2.31. The molecule has 0 radical (unpaired) electrons. The molecule has 0 saturated heterocycles. The van der Waals surface area contributed by atoms with Gasteiger partial charge in [0.1, 0.15) is 5.52 Å². The lowest BCUT2D eigenvalue weighted by molar-refractivity contribution is -0.383. The van der Waals surface area contributed by atoms with Gasteiger partial charge in [-0.25, -0.2) is 9.78 Å². The van der Waals surface area contributed by atoms with Crippen molar-refractivity contribution < 1.29 is 24.0 Å².